The molecule has 1 aromatic heterocycles. The first-order valence-electron chi connectivity index (χ1n) is 7.38. The van der Waals surface area contributed by atoms with Crippen LogP contribution in [-0.4, -0.2) is 36.1 Å². The Morgan fingerprint density at radius 2 is 2.10 bits per heavy atom. The minimum atomic E-state index is -0.0789. The predicted molar refractivity (Wildman–Crippen MR) is 80.4 cm³/mol. The van der Waals surface area contributed by atoms with Gasteiger partial charge in [0.05, 0.1) is 12.3 Å². The molecule has 0 aliphatic heterocycles. The first-order valence-corrected chi connectivity index (χ1v) is 7.38. The molecule has 0 radical (unpaired) electrons. The van der Waals surface area contributed by atoms with E-state index in [2.05, 4.69) is 23.0 Å². The van der Waals surface area contributed by atoms with E-state index in [0.717, 1.165) is 43.7 Å². The SMILES string of the molecule is CCOC(=O)CCCCCN(C)Cc1cccc(C)n1. The van der Waals surface area contributed by atoms with Gasteiger partial charge in [-0.2, -0.15) is 0 Å². The average Bonchev–Trinajstić information content (AvgIpc) is 2.38. The summed E-state index contributed by atoms with van der Waals surface area (Å²) in [5.41, 5.74) is 2.17. The van der Waals surface area contributed by atoms with Crippen LogP contribution in [0.4, 0.5) is 0 Å². The lowest BCUT2D eigenvalue weighted by Gasteiger charge is -2.16. The van der Waals surface area contributed by atoms with Crippen LogP contribution in [0.2, 0.25) is 0 Å². The Kier molecular flexibility index (Phi) is 7.88. The van der Waals surface area contributed by atoms with E-state index in [1.807, 2.05) is 26.0 Å². The molecule has 20 heavy (non-hydrogen) atoms. The van der Waals surface area contributed by atoms with Crippen LogP contribution >= 0.6 is 0 Å². The summed E-state index contributed by atoms with van der Waals surface area (Å²) in [6.07, 6.45) is 3.61. The number of rotatable bonds is 9. The van der Waals surface area contributed by atoms with Gasteiger partial charge in [-0.05, 0) is 52.4 Å². The first kappa shape index (κ1) is 16.6. The van der Waals surface area contributed by atoms with Gasteiger partial charge in [-0.3, -0.25) is 9.78 Å². The number of hydrogen-bond acceptors (Lipinski definition) is 4. The van der Waals surface area contributed by atoms with Crippen LogP contribution in [0.3, 0.4) is 0 Å². The lowest BCUT2D eigenvalue weighted by molar-refractivity contribution is -0.143. The van der Waals surface area contributed by atoms with Crippen LogP contribution in [0, 0.1) is 6.92 Å². The number of hydrogen-bond donors (Lipinski definition) is 0. The molecule has 1 heterocycles. The quantitative estimate of drug-likeness (QED) is 0.514. The number of esters is 1. The van der Waals surface area contributed by atoms with Crippen LogP contribution in [-0.2, 0) is 16.1 Å². The first-order chi connectivity index (χ1) is 9.61. The van der Waals surface area contributed by atoms with Gasteiger partial charge >= 0.3 is 5.97 Å². The Hall–Kier alpha value is -1.42. The van der Waals surface area contributed by atoms with Crippen molar-refractivity contribution in [2.75, 3.05) is 20.2 Å². The van der Waals surface area contributed by atoms with Gasteiger partial charge in [-0.1, -0.05) is 12.5 Å². The van der Waals surface area contributed by atoms with Crippen molar-refractivity contribution in [3.05, 3.63) is 29.6 Å². The van der Waals surface area contributed by atoms with E-state index in [1.54, 1.807) is 0 Å². The third kappa shape index (κ3) is 7.24. The summed E-state index contributed by atoms with van der Waals surface area (Å²) < 4.78 is 4.90. The molecular formula is C16H26N2O2. The third-order valence-corrected chi connectivity index (χ3v) is 3.10. The van der Waals surface area contributed by atoms with E-state index in [-0.39, 0.29) is 5.97 Å². The molecule has 1 aromatic rings. The number of aryl methyl sites for hydroxylation is 1. The highest BCUT2D eigenvalue weighted by atomic mass is 16.5. The van der Waals surface area contributed by atoms with Crippen LogP contribution < -0.4 is 0 Å². The molecule has 0 bridgehead atoms. The van der Waals surface area contributed by atoms with Gasteiger partial charge < -0.3 is 9.64 Å². The second kappa shape index (κ2) is 9.48. The zero-order chi connectivity index (χ0) is 14.8. The summed E-state index contributed by atoms with van der Waals surface area (Å²) >= 11 is 0. The Morgan fingerprint density at radius 1 is 1.30 bits per heavy atom. The molecule has 4 heteroatoms. The maximum atomic E-state index is 11.2. The molecule has 0 amide bonds. The molecule has 4 nitrogen and oxygen atoms in total. The molecule has 0 unspecified atom stereocenters. The molecule has 0 fully saturated rings. The summed E-state index contributed by atoms with van der Waals surface area (Å²) in [5.74, 6) is -0.0789. The van der Waals surface area contributed by atoms with Crippen molar-refractivity contribution in [2.24, 2.45) is 0 Å². The van der Waals surface area contributed by atoms with E-state index >= 15 is 0 Å². The minimum absolute atomic E-state index is 0.0789. The Morgan fingerprint density at radius 3 is 2.80 bits per heavy atom. The van der Waals surface area contributed by atoms with E-state index < -0.39 is 0 Å². The maximum absolute atomic E-state index is 11.2. The van der Waals surface area contributed by atoms with Crippen LogP contribution in [0.5, 0.6) is 0 Å². The third-order valence-electron chi connectivity index (χ3n) is 3.10. The Bertz CT molecular complexity index is 407. The fourth-order valence-electron chi connectivity index (χ4n) is 2.10. The van der Waals surface area contributed by atoms with Gasteiger partial charge in [0, 0.05) is 18.7 Å². The molecule has 112 valence electrons. The molecule has 0 saturated carbocycles. The molecular weight excluding hydrogens is 252 g/mol. The monoisotopic (exact) mass is 278 g/mol. The number of carbonyl (C=O) groups excluding carboxylic acids is 1. The summed E-state index contributed by atoms with van der Waals surface area (Å²) in [6.45, 7) is 6.23. The van der Waals surface area contributed by atoms with Gasteiger partial charge in [0.1, 0.15) is 0 Å². The molecule has 1 rings (SSSR count). The highest BCUT2D eigenvalue weighted by Gasteiger charge is 2.03. The summed E-state index contributed by atoms with van der Waals surface area (Å²) in [7, 11) is 2.11. The van der Waals surface area contributed by atoms with E-state index in [9.17, 15) is 4.79 Å². The van der Waals surface area contributed by atoms with E-state index in [0.29, 0.717) is 13.0 Å². The zero-order valence-electron chi connectivity index (χ0n) is 12.9. The number of unbranched alkanes of at least 4 members (excludes halogenated alkanes) is 2. The highest BCUT2D eigenvalue weighted by molar-refractivity contribution is 5.69. The van der Waals surface area contributed by atoms with Crippen LogP contribution in [0.15, 0.2) is 18.2 Å². The van der Waals surface area contributed by atoms with Crippen molar-refractivity contribution in [3.63, 3.8) is 0 Å². The van der Waals surface area contributed by atoms with Gasteiger partial charge in [0.2, 0.25) is 0 Å². The fourth-order valence-corrected chi connectivity index (χ4v) is 2.10. The van der Waals surface area contributed by atoms with Gasteiger partial charge in [0.25, 0.3) is 0 Å². The van der Waals surface area contributed by atoms with Crippen molar-refractivity contribution >= 4 is 5.97 Å². The largest absolute Gasteiger partial charge is 0.466 e. The predicted octanol–water partition coefficient (Wildman–Crippen LogP) is 2.95. The van der Waals surface area contributed by atoms with Crippen LogP contribution in [0.1, 0.15) is 44.0 Å². The highest BCUT2D eigenvalue weighted by Crippen LogP contribution is 2.05. The number of aromatic nitrogens is 1. The lowest BCUT2D eigenvalue weighted by atomic mass is 10.2. The summed E-state index contributed by atoms with van der Waals surface area (Å²) in [4.78, 5) is 17.9. The smallest absolute Gasteiger partial charge is 0.305 e. The van der Waals surface area contributed by atoms with E-state index in [1.165, 1.54) is 0 Å². The molecule has 0 aromatic carbocycles. The average molecular weight is 278 g/mol. The second-order valence-electron chi connectivity index (χ2n) is 5.12. The van der Waals surface area contributed by atoms with Crippen molar-refractivity contribution in [1.29, 1.82) is 0 Å². The molecule has 0 spiro atoms. The number of pyridine rings is 1. The van der Waals surface area contributed by atoms with Crippen molar-refractivity contribution in [2.45, 2.75) is 46.1 Å². The number of carbonyl (C=O) groups is 1. The Labute approximate surface area is 122 Å². The van der Waals surface area contributed by atoms with E-state index in [4.69, 9.17) is 4.74 Å². The van der Waals surface area contributed by atoms with Gasteiger partial charge in [-0.15, -0.1) is 0 Å². The normalized spacial score (nSPS) is 10.8. The second-order valence-corrected chi connectivity index (χ2v) is 5.12. The number of nitrogens with zero attached hydrogens (tertiary/aromatic N) is 2. The van der Waals surface area contributed by atoms with Crippen molar-refractivity contribution in [1.82, 2.24) is 9.88 Å². The zero-order valence-corrected chi connectivity index (χ0v) is 12.9. The molecule has 0 atom stereocenters. The standard InChI is InChI=1S/C16H26N2O2/c1-4-20-16(19)11-6-5-7-12-18(3)13-15-10-8-9-14(2)17-15/h8-10H,4-7,11-13H2,1-3H3. The minimum Gasteiger partial charge on any atom is -0.466 e. The topological polar surface area (TPSA) is 42.4 Å². The fraction of sp³-hybridized carbons (Fsp3) is 0.625. The molecule has 0 aliphatic rings. The summed E-state index contributed by atoms with van der Waals surface area (Å²) in [6, 6.07) is 6.12. The van der Waals surface area contributed by atoms with Crippen molar-refractivity contribution < 1.29 is 9.53 Å². The Balaban J connectivity index is 2.11. The summed E-state index contributed by atoms with van der Waals surface area (Å²) in [5, 5.41) is 0. The van der Waals surface area contributed by atoms with Crippen LogP contribution in [0.25, 0.3) is 0 Å². The van der Waals surface area contributed by atoms with Crippen molar-refractivity contribution in [3.8, 4) is 0 Å². The molecule has 0 N–H and O–H groups in total. The maximum Gasteiger partial charge on any atom is 0.305 e. The van der Waals surface area contributed by atoms with Gasteiger partial charge in [0.15, 0.2) is 0 Å². The number of ether oxygens (including phenoxy) is 1. The molecule has 0 aliphatic carbocycles. The molecule has 0 saturated heterocycles. The lowest BCUT2D eigenvalue weighted by Crippen LogP contribution is -2.20. The van der Waals surface area contributed by atoms with Gasteiger partial charge in [-0.25, -0.2) is 0 Å².